The summed E-state index contributed by atoms with van der Waals surface area (Å²) in [5.74, 6) is -0.553. The number of ether oxygens (including phenoxy) is 1. The number of fused-ring (bicyclic) bond motifs is 5. The summed E-state index contributed by atoms with van der Waals surface area (Å²) in [6.45, 7) is 15.6. The highest BCUT2D eigenvalue weighted by Crippen LogP contribution is 2.46. The summed E-state index contributed by atoms with van der Waals surface area (Å²) in [4.78, 5) is 27.2. The number of rotatable bonds is 12. The van der Waals surface area contributed by atoms with Crippen molar-refractivity contribution in [2.45, 2.75) is 112 Å². The van der Waals surface area contributed by atoms with Crippen LogP contribution in [-0.4, -0.2) is 46.0 Å². The molecule has 8 heteroatoms. The maximum Gasteiger partial charge on any atom is 0.303 e. The maximum absolute atomic E-state index is 11.7. The summed E-state index contributed by atoms with van der Waals surface area (Å²) in [6, 6.07) is 0. The van der Waals surface area contributed by atoms with E-state index in [1.54, 1.807) is 0 Å². The quantitative estimate of drug-likeness (QED) is 0.183. The first-order chi connectivity index (χ1) is 23.0. The van der Waals surface area contributed by atoms with Crippen LogP contribution in [0, 0.1) is 11.8 Å². The molecule has 0 radical (unpaired) electrons. The van der Waals surface area contributed by atoms with Crippen molar-refractivity contribution >= 4 is 23.1 Å². The zero-order chi connectivity index (χ0) is 34.3. The third-order valence-corrected chi connectivity index (χ3v) is 10.8. The number of aliphatic imine (C=N–C) groups is 3. The second kappa shape index (κ2) is 13.8. The van der Waals surface area contributed by atoms with Gasteiger partial charge in [0.1, 0.15) is 5.76 Å². The van der Waals surface area contributed by atoms with E-state index in [4.69, 9.17) is 19.7 Å². The van der Waals surface area contributed by atoms with Gasteiger partial charge in [0.15, 0.2) is 0 Å². The van der Waals surface area contributed by atoms with E-state index in [-0.39, 0.29) is 24.4 Å². The average Bonchev–Trinajstić information content (AvgIpc) is 3.80. The molecule has 5 aliphatic heterocycles. The number of aliphatic hydroxyl groups is 1. The summed E-state index contributed by atoms with van der Waals surface area (Å²) >= 11 is 0. The van der Waals surface area contributed by atoms with Gasteiger partial charge >= 0.3 is 5.97 Å². The molecule has 1 unspecified atom stereocenters. The van der Waals surface area contributed by atoms with Gasteiger partial charge in [-0.25, -0.2) is 15.0 Å². The lowest BCUT2D eigenvalue weighted by Gasteiger charge is -2.17. The number of aliphatic hydroxyl groups excluding tert-OH is 1. The van der Waals surface area contributed by atoms with Crippen LogP contribution in [0.3, 0.4) is 0 Å². The van der Waals surface area contributed by atoms with E-state index in [2.05, 4.69) is 65.1 Å². The van der Waals surface area contributed by atoms with Gasteiger partial charge in [-0.3, -0.25) is 4.79 Å². The molecule has 0 spiro atoms. The van der Waals surface area contributed by atoms with Gasteiger partial charge in [-0.15, -0.1) is 0 Å². The van der Waals surface area contributed by atoms with Gasteiger partial charge in [0, 0.05) is 59.4 Å². The second-order valence-electron chi connectivity index (χ2n) is 13.9. The van der Waals surface area contributed by atoms with Gasteiger partial charge in [-0.1, -0.05) is 46.5 Å². The lowest BCUT2D eigenvalue weighted by Crippen LogP contribution is -2.15. The molecule has 254 valence electrons. The van der Waals surface area contributed by atoms with Gasteiger partial charge in [-0.05, 0) is 87.5 Å². The second-order valence-corrected chi connectivity index (χ2v) is 13.9. The van der Waals surface area contributed by atoms with Gasteiger partial charge in [0.05, 0.1) is 40.3 Å². The minimum Gasteiger partial charge on any atom is -0.511 e. The number of aliphatic carboxylic acids is 1. The zero-order valence-electron chi connectivity index (χ0n) is 29.6. The lowest BCUT2D eigenvalue weighted by atomic mass is 9.86. The van der Waals surface area contributed by atoms with Crippen molar-refractivity contribution in [1.29, 1.82) is 0 Å². The molecule has 1 fully saturated rings. The molecular weight excluding hydrogens is 600 g/mol. The fraction of sp³-hybridized carbons (Fsp3) is 0.500. The number of hydrogen-bond donors (Lipinski definition) is 3. The molecule has 0 amide bonds. The van der Waals surface area contributed by atoms with E-state index in [0.717, 1.165) is 91.9 Å². The maximum atomic E-state index is 11.7. The van der Waals surface area contributed by atoms with E-state index in [0.29, 0.717) is 25.2 Å². The van der Waals surface area contributed by atoms with Crippen molar-refractivity contribution < 1.29 is 19.7 Å². The number of carboxylic acids is 1. The summed E-state index contributed by atoms with van der Waals surface area (Å²) in [5, 5.41) is 24.6. The number of carbonyl (C=O) groups is 1. The van der Waals surface area contributed by atoms with Gasteiger partial charge < -0.3 is 20.3 Å². The molecular formula is C40H50N4O4. The zero-order valence-corrected chi connectivity index (χ0v) is 29.6. The van der Waals surface area contributed by atoms with Crippen LogP contribution >= 0.6 is 0 Å². The first kappa shape index (κ1) is 33.8. The smallest absolute Gasteiger partial charge is 0.303 e. The van der Waals surface area contributed by atoms with Crippen molar-refractivity contribution in [3.63, 3.8) is 0 Å². The standard InChI is InChI=1S/C40H50N4O4/c1-8-10-11-12-13-16-48-25(7)37-23(5)31-18-30-22(4)27(14-15-36(46)47)39(43-30)28-17-35(45)38-24(6)32(44-40(28)38)19-33-26(9-2)21(3)29(41-33)20-34(37)42-31/h18-20,22,25,27,43,45H,8-17H2,1-7H3,(H,46,47)/t22-,25?,27-/m0/s1. The number of unbranched alkanes of at least 4 members (excludes halogenated alkanes) is 4. The topological polar surface area (TPSA) is 116 Å². The van der Waals surface area contributed by atoms with Crippen LogP contribution in [0.4, 0.5) is 0 Å². The fourth-order valence-electron chi connectivity index (χ4n) is 7.97. The molecule has 3 atom stereocenters. The Hall–Kier alpha value is -4.04. The molecule has 1 saturated heterocycles. The largest absolute Gasteiger partial charge is 0.511 e. The van der Waals surface area contributed by atoms with Crippen LogP contribution in [0.2, 0.25) is 0 Å². The Balaban J connectivity index is 1.49. The lowest BCUT2D eigenvalue weighted by molar-refractivity contribution is -0.137. The van der Waals surface area contributed by atoms with E-state index < -0.39 is 5.97 Å². The molecule has 0 aromatic rings. The predicted octanol–water partition coefficient (Wildman–Crippen LogP) is 8.90. The van der Waals surface area contributed by atoms with Crippen LogP contribution in [0.25, 0.3) is 0 Å². The Morgan fingerprint density at radius 1 is 0.979 bits per heavy atom. The summed E-state index contributed by atoms with van der Waals surface area (Å²) in [6.07, 6.45) is 13.8. The molecule has 0 aromatic heterocycles. The summed E-state index contributed by atoms with van der Waals surface area (Å²) in [5.41, 5.74) is 14.2. The van der Waals surface area contributed by atoms with Crippen molar-refractivity contribution in [3.05, 3.63) is 91.5 Å². The van der Waals surface area contributed by atoms with E-state index in [1.165, 1.54) is 31.3 Å². The first-order valence-electron chi connectivity index (χ1n) is 17.8. The fourth-order valence-corrected chi connectivity index (χ4v) is 7.97. The molecule has 8 bridgehead atoms. The van der Waals surface area contributed by atoms with Crippen molar-refractivity contribution in [2.75, 3.05) is 6.61 Å². The molecule has 0 saturated carbocycles. The van der Waals surface area contributed by atoms with Crippen LogP contribution in [0.15, 0.2) is 106 Å². The Morgan fingerprint density at radius 2 is 1.71 bits per heavy atom. The first-order valence-corrected chi connectivity index (χ1v) is 17.8. The van der Waals surface area contributed by atoms with Crippen LogP contribution < -0.4 is 5.32 Å². The Kier molecular flexibility index (Phi) is 9.75. The number of nitrogens with one attached hydrogen (secondary N) is 1. The van der Waals surface area contributed by atoms with E-state index in [9.17, 15) is 15.0 Å². The number of nitrogens with zero attached hydrogens (tertiary/aromatic N) is 3. The van der Waals surface area contributed by atoms with E-state index >= 15 is 0 Å². The normalized spacial score (nSPS) is 23.9. The van der Waals surface area contributed by atoms with Gasteiger partial charge in [-0.2, -0.15) is 0 Å². The number of hydrogen-bond acceptors (Lipinski definition) is 7. The highest BCUT2D eigenvalue weighted by atomic mass is 16.5. The summed E-state index contributed by atoms with van der Waals surface area (Å²) in [7, 11) is 0. The van der Waals surface area contributed by atoms with E-state index in [1.807, 2.05) is 6.92 Å². The molecule has 6 aliphatic rings. The van der Waals surface area contributed by atoms with Crippen molar-refractivity contribution in [1.82, 2.24) is 5.32 Å². The molecule has 48 heavy (non-hydrogen) atoms. The highest BCUT2D eigenvalue weighted by Gasteiger charge is 2.41. The SMILES string of the molecule is CCCCCCCOC(C)C1=C(C)C2=NC1=CC1=NC(=CC3=C(C)C4=C(O)CC(=C5NC(=C2)[C@@H](C)[C@@H]5CCC(=O)O)C4=N3)C(CC)=C1C. The monoisotopic (exact) mass is 650 g/mol. The third kappa shape index (κ3) is 6.15. The van der Waals surface area contributed by atoms with Crippen molar-refractivity contribution in [3.8, 4) is 0 Å². The highest BCUT2D eigenvalue weighted by molar-refractivity contribution is 6.21. The Bertz CT molecular complexity index is 1790. The molecule has 6 rings (SSSR count). The van der Waals surface area contributed by atoms with Crippen LogP contribution in [0.5, 0.6) is 0 Å². The van der Waals surface area contributed by atoms with Gasteiger partial charge in [0.2, 0.25) is 0 Å². The van der Waals surface area contributed by atoms with Gasteiger partial charge in [0.25, 0.3) is 0 Å². The predicted molar refractivity (Wildman–Crippen MR) is 193 cm³/mol. The average molecular weight is 651 g/mol. The van der Waals surface area contributed by atoms with Crippen molar-refractivity contribution in [2.24, 2.45) is 26.8 Å². The molecule has 5 heterocycles. The molecule has 0 aromatic carbocycles. The van der Waals surface area contributed by atoms with Crippen LogP contribution in [-0.2, 0) is 9.53 Å². The minimum atomic E-state index is -0.816. The number of allylic oxidation sites excluding steroid dienone is 11. The summed E-state index contributed by atoms with van der Waals surface area (Å²) < 4.78 is 6.46. The molecule has 3 N–H and O–H groups in total. The number of carboxylic acid groups (broad SMARTS) is 1. The molecule has 8 nitrogen and oxygen atoms in total. The minimum absolute atomic E-state index is 0.0211. The Morgan fingerprint density at radius 3 is 2.44 bits per heavy atom. The third-order valence-electron chi connectivity index (χ3n) is 10.8. The van der Waals surface area contributed by atoms with Crippen LogP contribution in [0.1, 0.15) is 106 Å². The Labute approximate surface area is 285 Å². The molecule has 1 aliphatic carbocycles.